The van der Waals surface area contributed by atoms with Gasteiger partial charge >= 0.3 is 6.18 Å². The molecule has 23 heavy (non-hydrogen) atoms. The Morgan fingerprint density at radius 2 is 1.70 bits per heavy atom. The first kappa shape index (κ1) is 15.1. The van der Waals surface area contributed by atoms with E-state index in [2.05, 4.69) is 4.98 Å². The molecule has 0 unspecified atom stereocenters. The maximum Gasteiger partial charge on any atom is 0.450 e. The number of hydrogen-bond acceptors (Lipinski definition) is 3. The fraction of sp³-hybridized carbons (Fsp3) is 0.125. The highest BCUT2D eigenvalue weighted by Crippen LogP contribution is 2.30. The number of benzene rings is 2. The number of methoxy groups -OCH3 is 1. The lowest BCUT2D eigenvalue weighted by molar-refractivity contribution is -0.146. The molecule has 0 saturated heterocycles. The molecule has 1 aromatic heterocycles. The molecule has 0 fully saturated rings. The van der Waals surface area contributed by atoms with Gasteiger partial charge in [0.2, 0.25) is 5.82 Å². The van der Waals surface area contributed by atoms with Crippen LogP contribution in [0.5, 0.6) is 5.75 Å². The number of alkyl halides is 3. The Bertz CT molecular complexity index is 915. The van der Waals surface area contributed by atoms with Gasteiger partial charge in [-0.1, -0.05) is 12.1 Å². The summed E-state index contributed by atoms with van der Waals surface area (Å²) in [7, 11) is 1.44. The largest absolute Gasteiger partial charge is 0.497 e. The molecule has 0 aliphatic rings. The van der Waals surface area contributed by atoms with Crippen LogP contribution in [0.4, 0.5) is 13.2 Å². The van der Waals surface area contributed by atoms with Crippen molar-refractivity contribution in [3.8, 4) is 11.4 Å². The number of hydrogen-bond donors (Lipinski definition) is 0. The van der Waals surface area contributed by atoms with Crippen molar-refractivity contribution in [2.75, 3.05) is 7.11 Å². The lowest BCUT2D eigenvalue weighted by atomic mass is 10.2. The number of nitrogens with zero attached hydrogens (tertiary/aromatic N) is 2. The smallest absolute Gasteiger partial charge is 0.450 e. The van der Waals surface area contributed by atoms with Crippen LogP contribution >= 0.6 is 0 Å². The van der Waals surface area contributed by atoms with Crippen LogP contribution in [0.2, 0.25) is 0 Å². The first-order valence-electron chi connectivity index (χ1n) is 6.65. The van der Waals surface area contributed by atoms with Crippen LogP contribution in [0.15, 0.2) is 53.3 Å². The van der Waals surface area contributed by atoms with E-state index in [1.54, 1.807) is 6.07 Å². The minimum atomic E-state index is -4.76. The Morgan fingerprint density at radius 3 is 2.30 bits per heavy atom. The van der Waals surface area contributed by atoms with E-state index in [-0.39, 0.29) is 16.6 Å². The monoisotopic (exact) mass is 320 g/mol. The first-order valence-corrected chi connectivity index (χ1v) is 6.65. The summed E-state index contributed by atoms with van der Waals surface area (Å²) in [5.41, 5.74) is -0.691. The topological polar surface area (TPSA) is 44.1 Å². The third-order valence-corrected chi connectivity index (χ3v) is 3.36. The number of fused-ring (bicyclic) bond motifs is 1. The molecule has 0 aliphatic heterocycles. The quantitative estimate of drug-likeness (QED) is 0.727. The summed E-state index contributed by atoms with van der Waals surface area (Å²) in [4.78, 5) is 16.2. The Kier molecular flexibility index (Phi) is 3.55. The lowest BCUT2D eigenvalue weighted by Gasteiger charge is -2.15. The molecule has 0 saturated carbocycles. The number of halogens is 3. The van der Waals surface area contributed by atoms with Gasteiger partial charge in [0, 0.05) is 0 Å². The second kappa shape index (κ2) is 5.42. The van der Waals surface area contributed by atoms with Crippen molar-refractivity contribution >= 4 is 10.9 Å². The summed E-state index contributed by atoms with van der Waals surface area (Å²) in [5.74, 6) is -0.782. The van der Waals surface area contributed by atoms with E-state index in [9.17, 15) is 18.0 Å². The van der Waals surface area contributed by atoms with E-state index in [0.717, 1.165) is 0 Å². The molecule has 0 N–H and O–H groups in total. The zero-order valence-electron chi connectivity index (χ0n) is 12.0. The summed E-state index contributed by atoms with van der Waals surface area (Å²) in [6.07, 6.45) is -4.76. The van der Waals surface area contributed by atoms with Crippen LogP contribution in [-0.2, 0) is 6.18 Å². The molecule has 0 spiro atoms. The van der Waals surface area contributed by atoms with Crippen LogP contribution in [0, 0.1) is 0 Å². The van der Waals surface area contributed by atoms with Crippen molar-refractivity contribution in [2.45, 2.75) is 6.18 Å². The summed E-state index contributed by atoms with van der Waals surface area (Å²) in [6.45, 7) is 0. The van der Waals surface area contributed by atoms with Crippen molar-refractivity contribution in [3.05, 3.63) is 64.7 Å². The Hall–Kier alpha value is -2.83. The summed E-state index contributed by atoms with van der Waals surface area (Å²) in [5, 5.41) is 0.122. The Labute approximate surface area is 128 Å². The molecule has 0 amide bonds. The Balaban J connectivity index is 2.36. The van der Waals surface area contributed by atoms with Gasteiger partial charge in [0.25, 0.3) is 5.56 Å². The number of rotatable bonds is 2. The third-order valence-electron chi connectivity index (χ3n) is 3.36. The predicted molar refractivity (Wildman–Crippen MR) is 78.9 cm³/mol. The molecule has 4 nitrogen and oxygen atoms in total. The van der Waals surface area contributed by atoms with Crippen LogP contribution < -0.4 is 10.3 Å². The van der Waals surface area contributed by atoms with Crippen LogP contribution in [0.3, 0.4) is 0 Å². The number of para-hydroxylation sites is 1. The van der Waals surface area contributed by atoms with Gasteiger partial charge in [-0.3, -0.25) is 9.36 Å². The van der Waals surface area contributed by atoms with Gasteiger partial charge in [0.15, 0.2) is 0 Å². The molecule has 118 valence electrons. The van der Waals surface area contributed by atoms with E-state index in [1.807, 2.05) is 0 Å². The standard InChI is InChI=1S/C16H11F3N2O2/c1-23-11-8-6-10(7-9-11)21-14(22)12-4-2-3-5-13(12)20-15(21)16(17,18)19/h2-9H,1H3. The fourth-order valence-corrected chi connectivity index (χ4v) is 2.29. The average Bonchev–Trinajstić information content (AvgIpc) is 2.54. The predicted octanol–water partition coefficient (Wildman–Crippen LogP) is 3.41. The molecule has 7 heteroatoms. The minimum Gasteiger partial charge on any atom is -0.497 e. The molecule has 0 atom stereocenters. The van der Waals surface area contributed by atoms with E-state index in [1.165, 1.54) is 49.6 Å². The highest BCUT2D eigenvalue weighted by molar-refractivity contribution is 5.77. The Morgan fingerprint density at radius 1 is 1.04 bits per heavy atom. The fourth-order valence-electron chi connectivity index (χ4n) is 2.29. The van der Waals surface area contributed by atoms with Crippen molar-refractivity contribution in [1.29, 1.82) is 0 Å². The molecule has 0 bridgehead atoms. The van der Waals surface area contributed by atoms with Gasteiger partial charge in [-0.25, -0.2) is 4.98 Å². The zero-order chi connectivity index (χ0) is 16.6. The number of aromatic nitrogens is 2. The SMILES string of the molecule is COc1ccc(-n2c(C(F)(F)F)nc3ccccc3c2=O)cc1. The molecule has 0 radical (unpaired) electrons. The van der Waals surface area contributed by atoms with E-state index in [0.29, 0.717) is 10.3 Å². The van der Waals surface area contributed by atoms with Gasteiger partial charge in [-0.15, -0.1) is 0 Å². The van der Waals surface area contributed by atoms with Crippen molar-refractivity contribution in [2.24, 2.45) is 0 Å². The van der Waals surface area contributed by atoms with E-state index >= 15 is 0 Å². The lowest BCUT2D eigenvalue weighted by Crippen LogP contribution is -2.28. The molecular weight excluding hydrogens is 309 g/mol. The molecule has 3 aromatic rings. The maximum absolute atomic E-state index is 13.3. The minimum absolute atomic E-state index is 0.00888. The summed E-state index contributed by atoms with van der Waals surface area (Å²) < 4.78 is 45.6. The highest BCUT2D eigenvalue weighted by Gasteiger charge is 2.37. The molecule has 3 rings (SSSR count). The van der Waals surface area contributed by atoms with Gasteiger partial charge in [0.1, 0.15) is 5.75 Å². The van der Waals surface area contributed by atoms with Crippen LogP contribution in [-0.4, -0.2) is 16.7 Å². The second-order valence-corrected chi connectivity index (χ2v) is 4.79. The van der Waals surface area contributed by atoms with Crippen molar-refractivity contribution < 1.29 is 17.9 Å². The van der Waals surface area contributed by atoms with Gasteiger partial charge in [0.05, 0.1) is 23.7 Å². The first-order chi connectivity index (χ1) is 10.9. The van der Waals surface area contributed by atoms with E-state index < -0.39 is 17.6 Å². The van der Waals surface area contributed by atoms with Gasteiger partial charge < -0.3 is 4.74 Å². The van der Waals surface area contributed by atoms with Crippen molar-refractivity contribution in [3.63, 3.8) is 0 Å². The second-order valence-electron chi connectivity index (χ2n) is 4.79. The molecule has 2 aromatic carbocycles. The van der Waals surface area contributed by atoms with Crippen LogP contribution in [0.25, 0.3) is 16.6 Å². The number of ether oxygens (including phenoxy) is 1. The zero-order valence-corrected chi connectivity index (χ0v) is 12.0. The maximum atomic E-state index is 13.3. The normalized spacial score (nSPS) is 11.7. The van der Waals surface area contributed by atoms with Crippen molar-refractivity contribution in [1.82, 2.24) is 9.55 Å². The highest BCUT2D eigenvalue weighted by atomic mass is 19.4. The average molecular weight is 320 g/mol. The molecular formula is C16H11F3N2O2. The van der Waals surface area contributed by atoms with E-state index in [4.69, 9.17) is 4.74 Å². The van der Waals surface area contributed by atoms with Gasteiger partial charge in [-0.05, 0) is 36.4 Å². The third kappa shape index (κ3) is 2.65. The molecule has 0 aliphatic carbocycles. The summed E-state index contributed by atoms with van der Waals surface area (Å²) in [6, 6.07) is 11.7. The van der Waals surface area contributed by atoms with Crippen LogP contribution in [0.1, 0.15) is 5.82 Å². The summed E-state index contributed by atoms with van der Waals surface area (Å²) >= 11 is 0. The molecule has 1 heterocycles. The van der Waals surface area contributed by atoms with Gasteiger partial charge in [-0.2, -0.15) is 13.2 Å².